The average molecular weight is 478 g/mol. The molecule has 1 aromatic carbocycles. The molecule has 0 radical (unpaired) electrons. The number of rotatable bonds is 4. The van der Waals surface area contributed by atoms with Gasteiger partial charge < -0.3 is 0 Å². The van der Waals surface area contributed by atoms with Gasteiger partial charge in [-0.1, -0.05) is 0 Å². The summed E-state index contributed by atoms with van der Waals surface area (Å²) in [6.45, 7) is 0. The van der Waals surface area contributed by atoms with Crippen LogP contribution >= 0.6 is 0 Å². The smallest absolute Gasteiger partial charge is 0.247 e. The van der Waals surface area contributed by atoms with Gasteiger partial charge in [-0.15, -0.1) is 0 Å². The summed E-state index contributed by atoms with van der Waals surface area (Å²) >= 11 is 0. The van der Waals surface area contributed by atoms with Gasteiger partial charge in [0.1, 0.15) is 6.17 Å². The SMILES string of the molecule is O=S(=O)(C1CCCC(F)C1)C(c1c(F)c(F)c(F)c(F)c1F)S(=O)(=O)C(F)(F)F. The van der Waals surface area contributed by atoms with E-state index >= 15 is 0 Å². The maximum atomic E-state index is 14.1. The van der Waals surface area contributed by atoms with Gasteiger partial charge in [0, 0.05) is 0 Å². The minimum atomic E-state index is -7.05. The molecule has 0 aromatic heterocycles. The van der Waals surface area contributed by atoms with Crippen molar-refractivity contribution in [1.29, 1.82) is 0 Å². The highest BCUT2D eigenvalue weighted by Crippen LogP contribution is 2.45. The zero-order valence-electron chi connectivity index (χ0n) is 13.9. The summed E-state index contributed by atoms with van der Waals surface area (Å²) in [6.07, 6.45) is -3.87. The average Bonchev–Trinajstić information content (AvgIpc) is 2.60. The van der Waals surface area contributed by atoms with Crippen molar-refractivity contribution in [3.05, 3.63) is 34.6 Å². The van der Waals surface area contributed by atoms with Crippen LogP contribution in [0.5, 0.6) is 0 Å². The predicted molar refractivity (Wildman–Crippen MR) is 80.0 cm³/mol. The van der Waals surface area contributed by atoms with Crippen LogP contribution in [0, 0.1) is 29.1 Å². The molecule has 4 nitrogen and oxygen atoms in total. The Labute approximate surface area is 158 Å². The Kier molecular flexibility index (Phi) is 6.25. The fourth-order valence-electron chi connectivity index (χ4n) is 3.01. The quantitative estimate of drug-likeness (QED) is 0.373. The second-order valence-electron chi connectivity index (χ2n) is 6.28. The predicted octanol–water partition coefficient (Wildman–Crippen LogP) is 4.01. The second kappa shape index (κ2) is 7.63. The lowest BCUT2D eigenvalue weighted by Crippen LogP contribution is -2.41. The summed E-state index contributed by atoms with van der Waals surface area (Å²) < 4.78 is 166. The fourth-order valence-corrected chi connectivity index (χ4v) is 7.84. The summed E-state index contributed by atoms with van der Waals surface area (Å²) in [5.74, 6) is -14.6. The molecule has 0 amide bonds. The molecule has 166 valence electrons. The molecule has 0 aliphatic heterocycles. The van der Waals surface area contributed by atoms with Gasteiger partial charge in [-0.3, -0.25) is 0 Å². The number of hydrogen-bond donors (Lipinski definition) is 0. The van der Waals surface area contributed by atoms with Crippen molar-refractivity contribution >= 4 is 19.7 Å². The molecule has 1 aliphatic rings. The molecule has 0 heterocycles. The van der Waals surface area contributed by atoms with Gasteiger partial charge in [0.2, 0.25) is 10.4 Å². The Morgan fingerprint density at radius 2 is 1.24 bits per heavy atom. The number of sulfone groups is 2. The second-order valence-corrected chi connectivity index (χ2v) is 10.9. The van der Waals surface area contributed by atoms with E-state index in [2.05, 4.69) is 0 Å². The number of hydrogen-bond acceptors (Lipinski definition) is 4. The van der Waals surface area contributed by atoms with E-state index in [9.17, 15) is 56.3 Å². The normalized spacial score (nSPS) is 22.5. The van der Waals surface area contributed by atoms with Gasteiger partial charge in [-0.2, -0.15) is 13.2 Å². The van der Waals surface area contributed by atoms with Crippen molar-refractivity contribution in [3.8, 4) is 0 Å². The van der Waals surface area contributed by atoms with Gasteiger partial charge >= 0.3 is 5.51 Å². The number of benzene rings is 1. The van der Waals surface area contributed by atoms with Crippen molar-refractivity contribution in [3.63, 3.8) is 0 Å². The third-order valence-corrected chi connectivity index (χ3v) is 9.61. The van der Waals surface area contributed by atoms with Crippen LogP contribution in [0.4, 0.5) is 39.5 Å². The van der Waals surface area contributed by atoms with Gasteiger partial charge in [0.15, 0.2) is 33.1 Å². The van der Waals surface area contributed by atoms with Crippen LogP contribution in [0.3, 0.4) is 0 Å². The summed E-state index contributed by atoms with van der Waals surface area (Å²) in [6, 6.07) is 0. The summed E-state index contributed by atoms with van der Waals surface area (Å²) in [4.78, 5) is 0. The van der Waals surface area contributed by atoms with E-state index in [0.29, 0.717) is 0 Å². The van der Waals surface area contributed by atoms with Crippen molar-refractivity contribution < 1.29 is 56.3 Å². The van der Waals surface area contributed by atoms with E-state index < -0.39 is 88.7 Å². The van der Waals surface area contributed by atoms with Crippen molar-refractivity contribution in [2.24, 2.45) is 0 Å². The zero-order chi connectivity index (χ0) is 22.5. The Morgan fingerprint density at radius 1 is 0.793 bits per heavy atom. The monoisotopic (exact) mass is 478 g/mol. The summed E-state index contributed by atoms with van der Waals surface area (Å²) in [5, 5.41) is -2.15. The Morgan fingerprint density at radius 3 is 1.66 bits per heavy atom. The molecular formula is C14H11F9O4S2. The molecule has 0 bridgehead atoms. The Bertz CT molecular complexity index is 989. The molecule has 29 heavy (non-hydrogen) atoms. The van der Waals surface area contributed by atoms with Crippen molar-refractivity contribution in [1.82, 2.24) is 0 Å². The topological polar surface area (TPSA) is 68.3 Å². The van der Waals surface area contributed by atoms with Crippen LogP contribution in [0.15, 0.2) is 0 Å². The molecule has 3 atom stereocenters. The summed E-state index contributed by atoms with van der Waals surface area (Å²) in [7, 11) is -12.9. The largest absolute Gasteiger partial charge is 0.499 e. The molecule has 0 spiro atoms. The molecule has 1 saturated carbocycles. The molecule has 1 fully saturated rings. The van der Waals surface area contributed by atoms with Crippen molar-refractivity contribution in [2.75, 3.05) is 0 Å². The van der Waals surface area contributed by atoms with Crippen LogP contribution in [0.2, 0.25) is 0 Å². The van der Waals surface area contributed by atoms with Crippen LogP contribution in [-0.4, -0.2) is 33.8 Å². The molecule has 0 N–H and O–H groups in total. The molecule has 0 saturated heterocycles. The van der Waals surface area contributed by atoms with Crippen LogP contribution in [0.25, 0.3) is 0 Å². The van der Waals surface area contributed by atoms with Gasteiger partial charge in [-0.05, 0) is 25.7 Å². The van der Waals surface area contributed by atoms with Gasteiger partial charge in [0.25, 0.3) is 9.84 Å². The zero-order valence-corrected chi connectivity index (χ0v) is 15.5. The van der Waals surface area contributed by atoms with E-state index in [4.69, 9.17) is 0 Å². The first-order valence-electron chi connectivity index (χ1n) is 7.73. The minimum absolute atomic E-state index is 0.203. The first-order valence-corrected chi connectivity index (χ1v) is 10.9. The number of alkyl halides is 4. The molecule has 2 rings (SSSR count). The highest BCUT2D eigenvalue weighted by Gasteiger charge is 2.60. The van der Waals surface area contributed by atoms with E-state index in [1.807, 2.05) is 0 Å². The Balaban J connectivity index is 2.89. The molecular weight excluding hydrogens is 467 g/mol. The first kappa shape index (κ1) is 23.8. The van der Waals surface area contributed by atoms with E-state index in [-0.39, 0.29) is 12.8 Å². The lowest BCUT2D eigenvalue weighted by atomic mass is 9.98. The summed E-state index contributed by atoms with van der Waals surface area (Å²) in [5.41, 5.74) is -9.12. The van der Waals surface area contributed by atoms with Crippen LogP contribution in [-0.2, 0) is 19.7 Å². The van der Waals surface area contributed by atoms with E-state index in [0.717, 1.165) is 0 Å². The maximum absolute atomic E-state index is 14.1. The first-order chi connectivity index (χ1) is 13.0. The molecule has 15 heteroatoms. The number of halogens is 9. The maximum Gasteiger partial charge on any atom is 0.499 e. The Hall–Kier alpha value is -1.51. The lowest BCUT2D eigenvalue weighted by Gasteiger charge is -2.29. The minimum Gasteiger partial charge on any atom is -0.247 e. The van der Waals surface area contributed by atoms with E-state index in [1.54, 1.807) is 0 Å². The van der Waals surface area contributed by atoms with Crippen LogP contribution < -0.4 is 0 Å². The highest BCUT2D eigenvalue weighted by atomic mass is 32.3. The standard InChI is InChI=1S/C14H11F9O4S2/c15-5-2-1-3-6(4-5)28(24,25)13(29(26,27)14(21,22)23)7-8(16)10(18)12(20)11(19)9(7)17/h5-6,13H,1-4H2. The molecule has 3 unspecified atom stereocenters. The highest BCUT2D eigenvalue weighted by molar-refractivity contribution is 8.09. The fraction of sp³-hybridized carbons (Fsp3) is 0.571. The van der Waals surface area contributed by atoms with Gasteiger partial charge in [0.05, 0.1) is 10.8 Å². The van der Waals surface area contributed by atoms with Crippen molar-refractivity contribution in [2.45, 2.75) is 47.2 Å². The molecule has 1 aliphatic carbocycles. The third kappa shape index (κ3) is 3.94. The molecule has 1 aromatic rings. The van der Waals surface area contributed by atoms with Crippen LogP contribution in [0.1, 0.15) is 35.8 Å². The third-order valence-electron chi connectivity index (χ3n) is 4.41. The van der Waals surface area contributed by atoms with E-state index in [1.165, 1.54) is 0 Å². The van der Waals surface area contributed by atoms with Gasteiger partial charge in [-0.25, -0.2) is 43.2 Å². The lowest BCUT2D eigenvalue weighted by molar-refractivity contribution is -0.0439.